The maximum Gasteiger partial charge on any atom is 0.333 e. The van der Waals surface area contributed by atoms with Gasteiger partial charge in [-0.05, 0) is 105 Å². The van der Waals surface area contributed by atoms with Crippen molar-refractivity contribution in [1.82, 2.24) is 9.80 Å². The Balaban J connectivity index is 1.57. The third kappa shape index (κ3) is 14.6. The lowest BCUT2D eigenvalue weighted by Gasteiger charge is -2.34. The van der Waals surface area contributed by atoms with Gasteiger partial charge in [0.25, 0.3) is 11.8 Å². The first-order valence-electron chi connectivity index (χ1n) is 20.9. The molecule has 4 amide bonds. The summed E-state index contributed by atoms with van der Waals surface area (Å²) in [6.45, 7) is 17.6. The van der Waals surface area contributed by atoms with E-state index in [9.17, 15) is 19.2 Å². The topological polar surface area (TPSA) is 96.5 Å². The molecule has 0 spiro atoms. The van der Waals surface area contributed by atoms with Gasteiger partial charge in [0.15, 0.2) is 0 Å². The molecule has 0 saturated carbocycles. The molecule has 1 heterocycles. The smallest absolute Gasteiger partial charge is 0.333 e. The third-order valence-electron chi connectivity index (χ3n) is 10.3. The minimum atomic E-state index is -0.553. The molecule has 0 unspecified atom stereocenters. The number of benzene rings is 1. The van der Waals surface area contributed by atoms with Gasteiger partial charge in [-0.25, -0.2) is 4.79 Å². The molecule has 1 saturated heterocycles. The lowest BCUT2D eigenvalue weighted by molar-refractivity contribution is -0.136. The highest BCUT2D eigenvalue weighted by Crippen LogP contribution is 2.41. The highest BCUT2D eigenvalue weighted by Gasteiger charge is 2.41. The number of nitrogens with zero attached hydrogens (tertiary/aromatic N) is 3. The molecule has 1 fully saturated rings. The van der Waals surface area contributed by atoms with Crippen LogP contribution in [0.5, 0.6) is 0 Å². The molecule has 2 aliphatic rings. The number of halogens is 1. The highest BCUT2D eigenvalue weighted by atomic mass is 35.5. The quantitative estimate of drug-likeness (QED) is 0.0400. The number of urea groups is 1. The summed E-state index contributed by atoms with van der Waals surface area (Å²) in [7, 11) is 0. The summed E-state index contributed by atoms with van der Waals surface area (Å²) in [5.74, 6) is -0.182. The molecule has 0 bridgehead atoms. The van der Waals surface area contributed by atoms with Gasteiger partial charge in [-0.1, -0.05) is 71.6 Å². The fourth-order valence-electron chi connectivity index (χ4n) is 7.02. The molecule has 306 valence electrons. The number of barbiturate groups is 1. The van der Waals surface area contributed by atoms with E-state index in [2.05, 4.69) is 63.8 Å². The molecule has 0 radical (unpaired) electrons. The van der Waals surface area contributed by atoms with Crippen molar-refractivity contribution < 1.29 is 28.7 Å². The summed E-state index contributed by atoms with van der Waals surface area (Å²) in [5, 5.41) is 0. The summed E-state index contributed by atoms with van der Waals surface area (Å²) in [6, 6.07) is 6.13. The molecular formula is C45H68ClN3O6. The van der Waals surface area contributed by atoms with E-state index < -0.39 is 17.8 Å². The Hall–Kier alpha value is -3.27. The largest absolute Gasteiger partial charge is 0.379 e. The molecule has 9 nitrogen and oxygen atoms in total. The number of amides is 4. The third-order valence-corrected chi connectivity index (χ3v) is 10.5. The van der Waals surface area contributed by atoms with E-state index in [-0.39, 0.29) is 29.9 Å². The number of anilines is 1. The number of Topliss-reactive ketones (excluding diaryl/α,β-unsaturated/α-hetero) is 1. The maximum atomic E-state index is 13.8. The molecule has 0 aromatic heterocycles. The van der Waals surface area contributed by atoms with Gasteiger partial charge >= 0.3 is 6.03 Å². The van der Waals surface area contributed by atoms with Crippen LogP contribution in [-0.4, -0.2) is 91.9 Å². The fourth-order valence-corrected chi connectivity index (χ4v) is 7.21. The Morgan fingerprint density at radius 1 is 0.782 bits per heavy atom. The van der Waals surface area contributed by atoms with Gasteiger partial charge in [-0.3, -0.25) is 24.2 Å². The first kappa shape index (κ1) is 46.1. The number of carbonyl (C=O) groups excluding carboxylic acids is 4. The van der Waals surface area contributed by atoms with Crippen LogP contribution in [0.4, 0.5) is 10.5 Å². The Morgan fingerprint density at radius 2 is 1.40 bits per heavy atom. The molecule has 3 rings (SSSR count). The van der Waals surface area contributed by atoms with Crippen molar-refractivity contribution in [2.45, 2.75) is 125 Å². The molecular weight excluding hydrogens is 714 g/mol. The van der Waals surface area contributed by atoms with Crippen molar-refractivity contribution in [2.75, 3.05) is 63.4 Å². The van der Waals surface area contributed by atoms with Crippen molar-refractivity contribution in [1.29, 1.82) is 0 Å². The second-order valence-electron chi connectivity index (χ2n) is 15.7. The number of unbranched alkanes of at least 4 members (excludes halogenated alkanes) is 6. The van der Waals surface area contributed by atoms with E-state index in [0.717, 1.165) is 57.4 Å². The normalized spacial score (nSPS) is 16.3. The van der Waals surface area contributed by atoms with Gasteiger partial charge < -0.3 is 14.4 Å². The van der Waals surface area contributed by atoms with Crippen LogP contribution in [0.25, 0.3) is 5.57 Å². The van der Waals surface area contributed by atoms with Crippen molar-refractivity contribution in [2.24, 2.45) is 5.41 Å². The average molecular weight is 783 g/mol. The first-order chi connectivity index (χ1) is 26.5. The molecule has 1 aliphatic heterocycles. The predicted molar refractivity (Wildman–Crippen MR) is 225 cm³/mol. The summed E-state index contributed by atoms with van der Waals surface area (Å²) in [6.07, 6.45) is 15.7. The number of hydrogen-bond acceptors (Lipinski definition) is 7. The van der Waals surface area contributed by atoms with Crippen LogP contribution in [0.1, 0.15) is 130 Å². The van der Waals surface area contributed by atoms with E-state index in [0.29, 0.717) is 77.1 Å². The van der Waals surface area contributed by atoms with Gasteiger partial charge in [0.1, 0.15) is 11.4 Å². The monoisotopic (exact) mass is 781 g/mol. The molecule has 1 aromatic carbocycles. The predicted octanol–water partition coefficient (Wildman–Crippen LogP) is 9.70. The van der Waals surface area contributed by atoms with Gasteiger partial charge in [0.2, 0.25) is 0 Å². The van der Waals surface area contributed by atoms with Crippen LogP contribution in [0.3, 0.4) is 0 Å². The van der Waals surface area contributed by atoms with Crippen molar-refractivity contribution in [3.63, 3.8) is 0 Å². The van der Waals surface area contributed by atoms with Crippen LogP contribution >= 0.6 is 11.6 Å². The van der Waals surface area contributed by atoms with Crippen molar-refractivity contribution in [3.05, 3.63) is 58.7 Å². The van der Waals surface area contributed by atoms with E-state index >= 15 is 0 Å². The van der Waals surface area contributed by atoms with Gasteiger partial charge in [0.05, 0.1) is 13.2 Å². The number of fused-ring (bicyclic) bond motifs is 1. The number of hydrogen-bond donors (Lipinski definition) is 0. The van der Waals surface area contributed by atoms with Crippen molar-refractivity contribution in [3.8, 4) is 0 Å². The molecule has 10 heteroatoms. The summed E-state index contributed by atoms with van der Waals surface area (Å²) in [5.41, 5.74) is 5.75. The van der Waals surface area contributed by atoms with Gasteiger partial charge in [0, 0.05) is 63.8 Å². The minimum Gasteiger partial charge on any atom is -0.379 e. The standard InChI is InChI=1S/C45H68ClN3O6/c1-7-10-26-48-42(51)40(23-21-35-32-36-34-37(47(8-2)9-3)22-24-39(36)41(33-35)45(4,5)6)43(52)49(44(48)53)27-16-13-14-19-38(50)20-18-29-55-31-30-54-28-17-12-11-15-25-46/h21-24,33-34H,7-20,25-32H2,1-6H3/b35-21+,40-23+. The Labute approximate surface area is 336 Å². The van der Waals surface area contributed by atoms with Crippen LogP contribution in [0, 0.1) is 5.41 Å². The summed E-state index contributed by atoms with van der Waals surface area (Å²) in [4.78, 5) is 58.1. The van der Waals surface area contributed by atoms with Gasteiger partial charge in [-0.15, -0.1) is 11.6 Å². The summed E-state index contributed by atoms with van der Waals surface area (Å²) < 4.78 is 11.2. The average Bonchev–Trinajstić information content (AvgIpc) is 3.16. The molecule has 0 atom stereocenters. The fraction of sp³-hybridized carbons (Fsp3) is 0.644. The number of alkyl halides is 1. The SMILES string of the molecule is CCCCN1C(=O)/C(=C\C=C2\C=C(C(C)(C)C)c3ccc(N(CC)CC)cc3C2)C(=O)N(CCCCCC(=O)CCCOCCOCCCCCCCl)C1=O. The number of allylic oxidation sites excluding steroid dienone is 5. The Kier molecular flexibility index (Phi) is 20.4. The highest BCUT2D eigenvalue weighted by molar-refractivity contribution is 6.28. The molecule has 0 N–H and O–H groups in total. The van der Waals surface area contributed by atoms with E-state index in [4.69, 9.17) is 21.1 Å². The Morgan fingerprint density at radius 3 is 2.04 bits per heavy atom. The second-order valence-corrected chi connectivity index (χ2v) is 16.0. The second kappa shape index (κ2) is 24.4. The van der Waals surface area contributed by atoms with Gasteiger partial charge in [-0.2, -0.15) is 0 Å². The molecule has 1 aromatic rings. The maximum absolute atomic E-state index is 13.8. The number of rotatable bonds is 26. The lowest BCUT2D eigenvalue weighted by Crippen LogP contribution is -2.56. The zero-order valence-electron chi connectivity index (χ0n) is 34.7. The van der Waals surface area contributed by atoms with E-state index in [1.54, 1.807) is 6.08 Å². The molecule has 55 heavy (non-hydrogen) atoms. The van der Waals surface area contributed by atoms with Crippen LogP contribution < -0.4 is 4.90 Å². The van der Waals surface area contributed by atoms with E-state index in [1.165, 1.54) is 32.2 Å². The number of ketones is 1. The van der Waals surface area contributed by atoms with Crippen LogP contribution in [0.15, 0.2) is 47.6 Å². The molecule has 1 aliphatic carbocycles. The van der Waals surface area contributed by atoms with E-state index in [1.807, 2.05) is 13.0 Å². The number of ether oxygens (including phenoxy) is 2. The zero-order valence-corrected chi connectivity index (χ0v) is 35.4. The van der Waals surface area contributed by atoms with Crippen LogP contribution in [-0.2, 0) is 30.3 Å². The summed E-state index contributed by atoms with van der Waals surface area (Å²) >= 11 is 5.69. The number of carbonyl (C=O) groups is 4. The first-order valence-corrected chi connectivity index (χ1v) is 21.4. The number of imide groups is 2. The lowest BCUT2D eigenvalue weighted by atomic mass is 9.75. The zero-order chi connectivity index (χ0) is 40.2. The minimum absolute atomic E-state index is 0.0126. The van der Waals surface area contributed by atoms with Crippen LogP contribution in [0.2, 0.25) is 0 Å². The van der Waals surface area contributed by atoms with Crippen molar-refractivity contribution >= 4 is 46.5 Å². The Bertz CT molecular complexity index is 1510.